The highest BCUT2D eigenvalue weighted by molar-refractivity contribution is 6.03. The Kier molecular flexibility index (Phi) is 5.78. The fraction of sp³-hybridized carbons (Fsp3) is 0.579. The second kappa shape index (κ2) is 8.05. The van der Waals surface area contributed by atoms with Crippen LogP contribution in [0.25, 0.3) is 0 Å². The number of fused-ring (bicyclic) bond motifs is 1. The number of anilines is 1. The van der Waals surface area contributed by atoms with Gasteiger partial charge in [-0.2, -0.15) is 0 Å². The number of hydrogen-bond donors (Lipinski definition) is 1. The number of carbonyl (C=O) groups is 2. The highest BCUT2D eigenvalue weighted by atomic mass is 16.5. The molecule has 0 atom stereocenters. The molecule has 2 aliphatic heterocycles. The van der Waals surface area contributed by atoms with Gasteiger partial charge in [-0.05, 0) is 44.6 Å². The second-order valence-corrected chi connectivity index (χ2v) is 7.11. The summed E-state index contributed by atoms with van der Waals surface area (Å²) in [7, 11) is 5.35. The van der Waals surface area contributed by atoms with Crippen molar-refractivity contribution in [3.63, 3.8) is 0 Å². The van der Waals surface area contributed by atoms with E-state index < -0.39 is 0 Å². The van der Waals surface area contributed by atoms with Crippen molar-refractivity contribution in [2.75, 3.05) is 52.8 Å². The predicted molar refractivity (Wildman–Crippen MR) is 98.5 cm³/mol. The van der Waals surface area contributed by atoms with Crippen LogP contribution in [0.4, 0.5) is 5.69 Å². The highest BCUT2D eigenvalue weighted by Crippen LogP contribution is 2.30. The van der Waals surface area contributed by atoms with E-state index in [1.54, 1.807) is 6.07 Å². The van der Waals surface area contributed by atoms with E-state index in [2.05, 4.69) is 5.32 Å². The highest BCUT2D eigenvalue weighted by Gasteiger charge is 2.30. The first kappa shape index (κ1) is 18.7. The molecule has 0 radical (unpaired) electrons. The third-order valence-electron chi connectivity index (χ3n) is 4.93. The lowest BCUT2D eigenvalue weighted by Crippen LogP contribution is -2.31. The number of ether oxygens (including phenoxy) is 2. The van der Waals surface area contributed by atoms with Crippen LogP contribution < -0.4 is 5.32 Å². The molecule has 7 nitrogen and oxygen atoms in total. The van der Waals surface area contributed by atoms with Crippen molar-refractivity contribution in [2.45, 2.75) is 25.4 Å². The number of hydrogen-bond acceptors (Lipinski definition) is 6. The van der Waals surface area contributed by atoms with Gasteiger partial charge in [-0.25, -0.2) is 4.79 Å². The molecule has 0 unspecified atom stereocenters. The van der Waals surface area contributed by atoms with Gasteiger partial charge in [0.25, 0.3) is 5.91 Å². The first-order chi connectivity index (χ1) is 12.5. The fourth-order valence-electron chi connectivity index (χ4n) is 3.38. The van der Waals surface area contributed by atoms with Gasteiger partial charge in [0.05, 0.1) is 12.7 Å². The molecular weight excluding hydrogens is 334 g/mol. The van der Waals surface area contributed by atoms with Crippen molar-refractivity contribution in [2.24, 2.45) is 0 Å². The van der Waals surface area contributed by atoms with Crippen molar-refractivity contribution >= 4 is 17.6 Å². The van der Waals surface area contributed by atoms with Gasteiger partial charge in [-0.1, -0.05) is 0 Å². The smallest absolute Gasteiger partial charge is 0.339 e. The summed E-state index contributed by atoms with van der Waals surface area (Å²) in [5.41, 5.74) is 2.71. The summed E-state index contributed by atoms with van der Waals surface area (Å²) in [6.45, 7) is 3.40. The van der Waals surface area contributed by atoms with Crippen molar-refractivity contribution in [1.82, 2.24) is 9.80 Å². The van der Waals surface area contributed by atoms with Crippen LogP contribution in [0.2, 0.25) is 0 Å². The molecule has 3 rings (SSSR count). The predicted octanol–water partition coefficient (Wildman–Crippen LogP) is 1.58. The Bertz CT molecular complexity index is 684. The molecule has 142 valence electrons. The van der Waals surface area contributed by atoms with E-state index in [1.165, 1.54) is 7.11 Å². The van der Waals surface area contributed by atoms with E-state index in [1.807, 2.05) is 30.0 Å². The van der Waals surface area contributed by atoms with Crippen LogP contribution in [-0.2, 0) is 16.0 Å². The van der Waals surface area contributed by atoms with Crippen LogP contribution in [0.5, 0.6) is 0 Å². The quantitative estimate of drug-likeness (QED) is 0.776. The number of methoxy groups -OCH3 is 1. The third-order valence-corrected chi connectivity index (χ3v) is 4.93. The van der Waals surface area contributed by atoms with Gasteiger partial charge < -0.3 is 24.6 Å². The zero-order valence-corrected chi connectivity index (χ0v) is 15.7. The zero-order chi connectivity index (χ0) is 18.7. The lowest BCUT2D eigenvalue weighted by molar-refractivity contribution is 0.0601. The standard InChI is InChI=1S/C19H27N3O4/c1-21(2)6-7-22-12-13-10-16(19(24)25-3)17(11-15(13)18(22)23)20-14-4-8-26-9-5-14/h10-11,14,20H,4-9,12H2,1-3H3. The minimum absolute atomic E-state index is 0.0216. The molecule has 2 aliphatic rings. The van der Waals surface area contributed by atoms with Crippen molar-refractivity contribution in [3.05, 3.63) is 28.8 Å². The van der Waals surface area contributed by atoms with E-state index in [0.717, 1.165) is 24.9 Å². The van der Waals surface area contributed by atoms with Gasteiger partial charge in [-0.3, -0.25) is 4.79 Å². The van der Waals surface area contributed by atoms with E-state index >= 15 is 0 Å². The molecule has 0 bridgehead atoms. The molecule has 0 aromatic heterocycles. The summed E-state index contributed by atoms with van der Waals surface area (Å²) >= 11 is 0. The zero-order valence-electron chi connectivity index (χ0n) is 15.7. The number of carbonyl (C=O) groups excluding carboxylic acids is 2. The molecule has 1 aromatic rings. The normalized spacial score (nSPS) is 17.5. The Labute approximate surface area is 154 Å². The van der Waals surface area contributed by atoms with Crippen molar-refractivity contribution < 1.29 is 19.1 Å². The summed E-state index contributed by atoms with van der Waals surface area (Å²) in [4.78, 5) is 28.9. The summed E-state index contributed by atoms with van der Waals surface area (Å²) in [6.07, 6.45) is 1.75. The first-order valence-corrected chi connectivity index (χ1v) is 9.03. The van der Waals surface area contributed by atoms with Gasteiger partial charge in [0.2, 0.25) is 0 Å². The minimum atomic E-state index is -0.387. The van der Waals surface area contributed by atoms with Crippen LogP contribution in [0.1, 0.15) is 39.1 Å². The first-order valence-electron chi connectivity index (χ1n) is 9.03. The minimum Gasteiger partial charge on any atom is -0.465 e. The molecule has 0 saturated carbocycles. The number of esters is 1. The van der Waals surface area contributed by atoms with Gasteiger partial charge in [0, 0.05) is 50.1 Å². The lowest BCUT2D eigenvalue weighted by atomic mass is 10.0. The van der Waals surface area contributed by atoms with E-state index in [9.17, 15) is 9.59 Å². The van der Waals surface area contributed by atoms with Crippen LogP contribution in [0, 0.1) is 0 Å². The number of nitrogens with one attached hydrogen (secondary N) is 1. The Hall–Kier alpha value is -2.12. The molecule has 26 heavy (non-hydrogen) atoms. The lowest BCUT2D eigenvalue weighted by Gasteiger charge is -2.25. The molecule has 0 aliphatic carbocycles. The largest absolute Gasteiger partial charge is 0.465 e. The Morgan fingerprint density at radius 3 is 2.73 bits per heavy atom. The molecule has 1 amide bonds. The molecule has 1 fully saturated rings. The fourth-order valence-corrected chi connectivity index (χ4v) is 3.38. The SMILES string of the molecule is COC(=O)c1cc2c(cc1NC1CCOCC1)C(=O)N(CCN(C)C)C2. The Balaban J connectivity index is 1.86. The van der Waals surface area contributed by atoms with Gasteiger partial charge >= 0.3 is 5.97 Å². The number of amides is 1. The van der Waals surface area contributed by atoms with Gasteiger partial charge in [0.15, 0.2) is 0 Å². The topological polar surface area (TPSA) is 71.1 Å². The third kappa shape index (κ3) is 3.99. The maximum atomic E-state index is 12.7. The number of rotatable bonds is 6. The van der Waals surface area contributed by atoms with Crippen molar-refractivity contribution in [3.8, 4) is 0 Å². The summed E-state index contributed by atoms with van der Waals surface area (Å²) in [5.74, 6) is -0.366. The monoisotopic (exact) mass is 361 g/mol. The molecule has 1 saturated heterocycles. The van der Waals surface area contributed by atoms with E-state index in [4.69, 9.17) is 9.47 Å². The molecule has 1 N–H and O–H groups in total. The number of likely N-dealkylation sites (N-methyl/N-ethyl adjacent to an activating group) is 1. The molecule has 1 aromatic carbocycles. The van der Waals surface area contributed by atoms with E-state index in [0.29, 0.717) is 43.1 Å². The number of benzene rings is 1. The van der Waals surface area contributed by atoms with Crippen molar-refractivity contribution in [1.29, 1.82) is 0 Å². The van der Waals surface area contributed by atoms with Crippen LogP contribution in [-0.4, -0.2) is 75.2 Å². The Morgan fingerprint density at radius 2 is 2.08 bits per heavy atom. The maximum absolute atomic E-state index is 12.7. The summed E-state index contributed by atoms with van der Waals surface area (Å²) in [6, 6.07) is 3.84. The van der Waals surface area contributed by atoms with Gasteiger partial charge in [0.1, 0.15) is 0 Å². The number of nitrogens with zero attached hydrogens (tertiary/aromatic N) is 2. The average molecular weight is 361 g/mol. The van der Waals surface area contributed by atoms with E-state index in [-0.39, 0.29) is 17.9 Å². The molecule has 2 heterocycles. The molecular formula is C19H27N3O4. The molecule has 0 spiro atoms. The summed E-state index contributed by atoms with van der Waals surface area (Å²) < 4.78 is 10.3. The Morgan fingerprint density at radius 1 is 1.35 bits per heavy atom. The van der Waals surface area contributed by atoms with Crippen LogP contribution in [0.15, 0.2) is 12.1 Å². The van der Waals surface area contributed by atoms with Crippen LogP contribution >= 0.6 is 0 Å². The van der Waals surface area contributed by atoms with Gasteiger partial charge in [-0.15, -0.1) is 0 Å². The average Bonchev–Trinajstić information content (AvgIpc) is 2.95. The maximum Gasteiger partial charge on any atom is 0.339 e. The van der Waals surface area contributed by atoms with Crippen LogP contribution in [0.3, 0.4) is 0 Å². The second-order valence-electron chi connectivity index (χ2n) is 7.11. The molecule has 7 heteroatoms. The summed E-state index contributed by atoms with van der Waals surface area (Å²) in [5, 5.41) is 3.42.